The summed E-state index contributed by atoms with van der Waals surface area (Å²) < 4.78 is 0. The fourth-order valence-electron chi connectivity index (χ4n) is 1.50. The minimum atomic E-state index is 0.0700. The van der Waals surface area contributed by atoms with Gasteiger partial charge in [-0.25, -0.2) is 0 Å². The first-order chi connectivity index (χ1) is 6.34. The van der Waals surface area contributed by atoms with Crippen LogP contribution in [0.3, 0.4) is 0 Å². The summed E-state index contributed by atoms with van der Waals surface area (Å²) in [6.45, 7) is 0. The topological polar surface area (TPSA) is 29.1 Å². The molecular weight excluding hydrogens is 162 g/mol. The van der Waals surface area contributed by atoms with Crippen LogP contribution in [0.4, 0.5) is 0 Å². The number of nitrogens with one attached hydrogen (secondary N) is 1. The fraction of sp³-hybridized carbons (Fsp3) is 0.545. The number of hydrogen-bond acceptors (Lipinski definition) is 1. The van der Waals surface area contributed by atoms with Crippen LogP contribution in [0.5, 0.6) is 0 Å². The second-order valence-corrected chi connectivity index (χ2v) is 3.84. The Labute approximate surface area is 78.7 Å². The number of carbonyl (C=O) groups is 1. The summed E-state index contributed by atoms with van der Waals surface area (Å²) in [5, 5.41) is 2.97. The molecule has 0 bridgehead atoms. The lowest BCUT2D eigenvalue weighted by Crippen LogP contribution is -2.31. The highest BCUT2D eigenvalue weighted by molar-refractivity contribution is 5.87. The lowest BCUT2D eigenvalue weighted by Gasteiger charge is -2.09. The van der Waals surface area contributed by atoms with Gasteiger partial charge in [0.15, 0.2) is 0 Å². The zero-order chi connectivity index (χ0) is 9.10. The van der Waals surface area contributed by atoms with Gasteiger partial charge in [0.05, 0.1) is 0 Å². The highest BCUT2D eigenvalue weighted by Gasteiger charge is 2.18. The van der Waals surface area contributed by atoms with Crippen LogP contribution in [0.25, 0.3) is 0 Å². The molecule has 0 radical (unpaired) electrons. The molecule has 0 unspecified atom stereocenters. The van der Waals surface area contributed by atoms with Crippen molar-refractivity contribution in [1.82, 2.24) is 5.32 Å². The van der Waals surface area contributed by atoms with E-state index in [1.165, 1.54) is 12.8 Å². The van der Waals surface area contributed by atoms with Crippen LogP contribution >= 0.6 is 0 Å². The molecule has 1 amide bonds. The van der Waals surface area contributed by atoms with Crippen LogP contribution in [-0.4, -0.2) is 11.9 Å². The fourth-order valence-corrected chi connectivity index (χ4v) is 1.50. The van der Waals surface area contributed by atoms with Gasteiger partial charge in [-0.1, -0.05) is 18.2 Å². The Kier molecular flexibility index (Phi) is 2.48. The zero-order valence-corrected chi connectivity index (χ0v) is 7.70. The predicted molar refractivity (Wildman–Crippen MR) is 52.2 cm³/mol. The van der Waals surface area contributed by atoms with Crippen LogP contribution in [0.1, 0.15) is 25.7 Å². The van der Waals surface area contributed by atoms with Crippen molar-refractivity contribution in [3.05, 3.63) is 24.3 Å². The van der Waals surface area contributed by atoms with Crippen LogP contribution in [0.15, 0.2) is 24.3 Å². The molecule has 0 aliphatic heterocycles. The van der Waals surface area contributed by atoms with Crippen molar-refractivity contribution in [2.24, 2.45) is 5.92 Å². The van der Waals surface area contributed by atoms with Crippen molar-refractivity contribution in [2.45, 2.75) is 31.7 Å². The van der Waals surface area contributed by atoms with E-state index in [0.717, 1.165) is 12.8 Å². The summed E-state index contributed by atoms with van der Waals surface area (Å²) >= 11 is 0. The van der Waals surface area contributed by atoms with Crippen LogP contribution < -0.4 is 5.32 Å². The van der Waals surface area contributed by atoms with Gasteiger partial charge in [0.1, 0.15) is 0 Å². The third-order valence-corrected chi connectivity index (χ3v) is 2.50. The van der Waals surface area contributed by atoms with Crippen molar-refractivity contribution in [3.63, 3.8) is 0 Å². The maximum absolute atomic E-state index is 11.3. The number of allylic oxidation sites excluding steroid dienone is 1. The molecule has 2 aliphatic rings. The number of carbonyl (C=O) groups excluding carboxylic acids is 1. The van der Waals surface area contributed by atoms with Crippen molar-refractivity contribution < 1.29 is 4.79 Å². The average molecular weight is 177 g/mol. The summed E-state index contributed by atoms with van der Waals surface area (Å²) in [7, 11) is 0. The standard InChI is InChI=1S/C11H15NO/c13-11(8-7-9-5-6-9)12-10-3-1-2-4-10/h1-2,7-10H,3-6H2,(H,12,13)/b8-7+. The van der Waals surface area contributed by atoms with E-state index in [1.54, 1.807) is 6.08 Å². The quantitative estimate of drug-likeness (QED) is 0.517. The Hall–Kier alpha value is -1.05. The third kappa shape index (κ3) is 2.72. The first kappa shape index (κ1) is 8.54. The molecular formula is C11H15NO. The van der Waals surface area contributed by atoms with Gasteiger partial charge in [-0.2, -0.15) is 0 Å². The number of rotatable bonds is 3. The minimum absolute atomic E-state index is 0.0700. The molecule has 0 aromatic carbocycles. The molecule has 2 aliphatic carbocycles. The molecule has 1 saturated carbocycles. The maximum Gasteiger partial charge on any atom is 0.243 e. The Bertz CT molecular complexity index is 243. The number of hydrogen-bond donors (Lipinski definition) is 1. The Morgan fingerprint density at radius 3 is 2.62 bits per heavy atom. The van der Waals surface area contributed by atoms with E-state index in [2.05, 4.69) is 17.5 Å². The molecule has 0 atom stereocenters. The lowest BCUT2D eigenvalue weighted by atomic mass is 10.2. The van der Waals surface area contributed by atoms with Crippen molar-refractivity contribution in [2.75, 3.05) is 0 Å². The van der Waals surface area contributed by atoms with Crippen LogP contribution in [-0.2, 0) is 4.79 Å². The molecule has 0 heterocycles. The highest BCUT2D eigenvalue weighted by atomic mass is 16.1. The van der Waals surface area contributed by atoms with Gasteiger partial charge in [-0.15, -0.1) is 0 Å². The van der Waals surface area contributed by atoms with Crippen LogP contribution in [0, 0.1) is 5.92 Å². The van der Waals surface area contributed by atoms with Gasteiger partial charge >= 0.3 is 0 Å². The average Bonchev–Trinajstić information content (AvgIpc) is 2.82. The molecule has 0 aromatic rings. The monoisotopic (exact) mass is 177 g/mol. The second-order valence-electron chi connectivity index (χ2n) is 3.84. The molecule has 70 valence electrons. The molecule has 1 fully saturated rings. The van der Waals surface area contributed by atoms with E-state index in [0.29, 0.717) is 12.0 Å². The predicted octanol–water partition coefficient (Wildman–Crippen LogP) is 1.79. The second kappa shape index (κ2) is 3.77. The van der Waals surface area contributed by atoms with E-state index in [4.69, 9.17) is 0 Å². The van der Waals surface area contributed by atoms with E-state index >= 15 is 0 Å². The van der Waals surface area contributed by atoms with E-state index in [9.17, 15) is 4.79 Å². The van der Waals surface area contributed by atoms with E-state index in [1.807, 2.05) is 6.08 Å². The first-order valence-corrected chi connectivity index (χ1v) is 4.98. The molecule has 1 N–H and O–H groups in total. The normalized spacial score (nSPS) is 22.8. The molecule has 2 heteroatoms. The number of amides is 1. The molecule has 2 nitrogen and oxygen atoms in total. The summed E-state index contributed by atoms with van der Waals surface area (Å²) in [5.41, 5.74) is 0. The van der Waals surface area contributed by atoms with Gasteiger partial charge in [0.25, 0.3) is 0 Å². The minimum Gasteiger partial charge on any atom is -0.349 e. The van der Waals surface area contributed by atoms with Crippen molar-refractivity contribution in [3.8, 4) is 0 Å². The molecule has 0 aromatic heterocycles. The summed E-state index contributed by atoms with van der Waals surface area (Å²) in [6, 6.07) is 0.344. The SMILES string of the molecule is O=C(/C=C/C1CC1)NC1CC=CC1. The molecule has 0 spiro atoms. The van der Waals surface area contributed by atoms with Gasteiger partial charge < -0.3 is 5.32 Å². The molecule has 2 rings (SSSR count). The van der Waals surface area contributed by atoms with Gasteiger partial charge in [0.2, 0.25) is 5.91 Å². The first-order valence-electron chi connectivity index (χ1n) is 4.98. The smallest absolute Gasteiger partial charge is 0.243 e. The largest absolute Gasteiger partial charge is 0.349 e. The highest BCUT2D eigenvalue weighted by Crippen LogP contribution is 2.29. The van der Waals surface area contributed by atoms with Gasteiger partial charge in [-0.3, -0.25) is 4.79 Å². The van der Waals surface area contributed by atoms with Gasteiger partial charge in [-0.05, 0) is 37.7 Å². The van der Waals surface area contributed by atoms with Gasteiger partial charge in [0, 0.05) is 6.04 Å². The maximum atomic E-state index is 11.3. The third-order valence-electron chi connectivity index (χ3n) is 2.50. The zero-order valence-electron chi connectivity index (χ0n) is 7.70. The lowest BCUT2D eigenvalue weighted by molar-refractivity contribution is -0.117. The summed E-state index contributed by atoms with van der Waals surface area (Å²) in [6.07, 6.45) is 12.5. The van der Waals surface area contributed by atoms with Crippen LogP contribution in [0.2, 0.25) is 0 Å². The Morgan fingerprint density at radius 2 is 2.00 bits per heavy atom. The summed E-state index contributed by atoms with van der Waals surface area (Å²) in [4.78, 5) is 11.3. The Balaban J connectivity index is 1.70. The van der Waals surface area contributed by atoms with Crippen molar-refractivity contribution >= 4 is 5.91 Å². The molecule has 0 saturated heterocycles. The Morgan fingerprint density at radius 1 is 1.31 bits per heavy atom. The molecule has 13 heavy (non-hydrogen) atoms. The van der Waals surface area contributed by atoms with Crippen molar-refractivity contribution in [1.29, 1.82) is 0 Å². The summed E-state index contributed by atoms with van der Waals surface area (Å²) in [5.74, 6) is 0.757. The van der Waals surface area contributed by atoms with E-state index in [-0.39, 0.29) is 5.91 Å². The van der Waals surface area contributed by atoms with E-state index < -0.39 is 0 Å².